The normalized spacial score (nSPS) is 15.2. The van der Waals surface area contributed by atoms with Crippen LogP contribution in [0.3, 0.4) is 0 Å². The Morgan fingerprint density at radius 1 is 1.10 bits per heavy atom. The lowest BCUT2D eigenvalue weighted by atomic mass is 10.0. The molecular weight excluding hydrogens is 370 g/mol. The summed E-state index contributed by atoms with van der Waals surface area (Å²) in [6, 6.07) is 15.1. The second-order valence-electron chi connectivity index (χ2n) is 7.23. The van der Waals surface area contributed by atoms with E-state index in [9.17, 15) is 9.59 Å². The number of piperidine rings is 1. The van der Waals surface area contributed by atoms with Gasteiger partial charge >= 0.3 is 5.69 Å². The number of carbonyl (C=O) groups is 1. The van der Waals surface area contributed by atoms with Crippen LogP contribution < -0.4 is 16.7 Å². The lowest BCUT2D eigenvalue weighted by Crippen LogP contribution is -2.41. The van der Waals surface area contributed by atoms with Gasteiger partial charge in [-0.15, -0.1) is 0 Å². The fraction of sp³-hybridized carbons (Fsp3) is 0.333. The number of anilines is 1. The van der Waals surface area contributed by atoms with Gasteiger partial charge in [-0.2, -0.15) is 0 Å². The highest BCUT2D eigenvalue weighted by atomic mass is 16.2. The standard InChI is InChI=1S/C21H25N5O2.H2O/c22-17-6-2-1-5-16(17)20(27)23-11-14-25-12-9-15(10-13-25)26-19-8-4-3-7-18(19)24-21(26)28;/h1-8,15H,9-14,22H2,(H,23,27)(H,24,28);1H2. The van der Waals surface area contributed by atoms with Crippen molar-refractivity contribution in [2.45, 2.75) is 18.9 Å². The van der Waals surface area contributed by atoms with Crippen LogP contribution in [0.5, 0.6) is 0 Å². The number of fused-ring (bicyclic) bond motifs is 1. The maximum Gasteiger partial charge on any atom is 0.326 e. The molecule has 29 heavy (non-hydrogen) atoms. The summed E-state index contributed by atoms with van der Waals surface area (Å²) in [6.07, 6.45) is 1.84. The van der Waals surface area contributed by atoms with Gasteiger partial charge in [-0.3, -0.25) is 9.36 Å². The predicted molar refractivity (Wildman–Crippen MR) is 114 cm³/mol. The van der Waals surface area contributed by atoms with E-state index in [1.807, 2.05) is 41.0 Å². The number of hydrogen-bond acceptors (Lipinski definition) is 4. The zero-order chi connectivity index (χ0) is 19.5. The second kappa shape index (κ2) is 8.93. The summed E-state index contributed by atoms with van der Waals surface area (Å²) in [4.78, 5) is 29.9. The number of carbonyl (C=O) groups excluding carboxylic acids is 1. The first-order valence-corrected chi connectivity index (χ1v) is 9.68. The number of benzene rings is 2. The molecule has 0 radical (unpaired) electrons. The van der Waals surface area contributed by atoms with Crippen LogP contribution in [0.2, 0.25) is 0 Å². The summed E-state index contributed by atoms with van der Waals surface area (Å²) in [6.45, 7) is 3.17. The number of likely N-dealkylation sites (tertiary alicyclic amines) is 1. The number of rotatable bonds is 5. The maximum atomic E-state index is 12.4. The highest BCUT2D eigenvalue weighted by Crippen LogP contribution is 2.24. The summed E-state index contributed by atoms with van der Waals surface area (Å²) in [5.74, 6) is -0.140. The summed E-state index contributed by atoms with van der Waals surface area (Å²) in [5.41, 5.74) is 8.68. The minimum absolute atomic E-state index is 0. The van der Waals surface area contributed by atoms with E-state index in [1.165, 1.54) is 0 Å². The third-order valence-electron chi connectivity index (χ3n) is 5.47. The molecule has 1 fully saturated rings. The Morgan fingerprint density at radius 2 is 1.79 bits per heavy atom. The molecule has 3 aromatic rings. The van der Waals surface area contributed by atoms with Gasteiger partial charge in [0.2, 0.25) is 0 Å². The molecule has 1 saturated heterocycles. The van der Waals surface area contributed by atoms with Crippen molar-refractivity contribution in [2.24, 2.45) is 0 Å². The smallest absolute Gasteiger partial charge is 0.326 e. The average Bonchev–Trinajstić information content (AvgIpc) is 3.04. The van der Waals surface area contributed by atoms with Gasteiger partial charge in [-0.1, -0.05) is 24.3 Å². The van der Waals surface area contributed by atoms with Gasteiger partial charge in [0.1, 0.15) is 0 Å². The van der Waals surface area contributed by atoms with Crippen molar-refractivity contribution in [3.05, 3.63) is 64.6 Å². The molecule has 1 aliphatic heterocycles. The highest BCUT2D eigenvalue weighted by Gasteiger charge is 2.23. The molecule has 2 heterocycles. The van der Waals surface area contributed by atoms with Gasteiger partial charge in [-0.25, -0.2) is 4.79 Å². The second-order valence-corrected chi connectivity index (χ2v) is 7.23. The molecule has 2 aromatic carbocycles. The first-order valence-electron chi connectivity index (χ1n) is 9.68. The summed E-state index contributed by atoms with van der Waals surface area (Å²) in [7, 11) is 0. The van der Waals surface area contributed by atoms with E-state index in [1.54, 1.807) is 12.1 Å². The fourth-order valence-electron chi connectivity index (χ4n) is 3.96. The van der Waals surface area contributed by atoms with E-state index in [-0.39, 0.29) is 23.1 Å². The third-order valence-corrected chi connectivity index (χ3v) is 5.47. The van der Waals surface area contributed by atoms with E-state index in [4.69, 9.17) is 5.73 Å². The molecule has 4 rings (SSSR count). The topological polar surface area (TPSA) is 128 Å². The average molecular weight is 397 g/mol. The summed E-state index contributed by atoms with van der Waals surface area (Å²) in [5, 5.41) is 2.94. The van der Waals surface area contributed by atoms with Crippen molar-refractivity contribution in [3.8, 4) is 0 Å². The van der Waals surface area contributed by atoms with Crippen LogP contribution in [-0.2, 0) is 0 Å². The zero-order valence-electron chi connectivity index (χ0n) is 16.2. The van der Waals surface area contributed by atoms with Gasteiger partial charge in [0.05, 0.1) is 16.6 Å². The summed E-state index contributed by atoms with van der Waals surface area (Å²) < 4.78 is 1.90. The van der Waals surface area contributed by atoms with Crippen molar-refractivity contribution in [3.63, 3.8) is 0 Å². The Hall–Kier alpha value is -3.10. The number of nitrogen functional groups attached to an aromatic ring is 1. The number of amides is 1. The van der Waals surface area contributed by atoms with E-state index in [0.29, 0.717) is 17.8 Å². The Labute approximate surface area is 168 Å². The van der Waals surface area contributed by atoms with Crippen molar-refractivity contribution >= 4 is 22.6 Å². The van der Waals surface area contributed by atoms with Crippen molar-refractivity contribution in [1.29, 1.82) is 0 Å². The third kappa shape index (κ3) is 4.33. The Morgan fingerprint density at radius 3 is 2.55 bits per heavy atom. The minimum atomic E-state index is -0.140. The van der Waals surface area contributed by atoms with Crippen LogP contribution in [0, 0.1) is 0 Å². The molecule has 154 valence electrons. The van der Waals surface area contributed by atoms with E-state index in [0.717, 1.165) is 43.5 Å². The molecule has 0 unspecified atom stereocenters. The number of nitrogens with two attached hydrogens (primary N) is 1. The lowest BCUT2D eigenvalue weighted by Gasteiger charge is -2.32. The molecule has 8 nitrogen and oxygen atoms in total. The van der Waals surface area contributed by atoms with Gasteiger partial charge in [0, 0.05) is 37.9 Å². The summed E-state index contributed by atoms with van der Waals surface area (Å²) >= 11 is 0. The number of para-hydroxylation sites is 3. The molecule has 8 heteroatoms. The van der Waals surface area contributed by atoms with Crippen LogP contribution in [0.25, 0.3) is 11.0 Å². The number of aromatic nitrogens is 2. The monoisotopic (exact) mass is 397 g/mol. The number of H-pyrrole nitrogens is 1. The van der Waals surface area contributed by atoms with Gasteiger partial charge in [0.15, 0.2) is 0 Å². The zero-order valence-corrected chi connectivity index (χ0v) is 16.2. The molecule has 0 bridgehead atoms. The number of aromatic amines is 1. The van der Waals surface area contributed by atoms with E-state index in [2.05, 4.69) is 15.2 Å². The number of imidazole rings is 1. The SMILES string of the molecule is Nc1ccccc1C(=O)NCCN1CCC(n2c(=O)[nH]c3ccccc32)CC1.O. The van der Waals surface area contributed by atoms with E-state index < -0.39 is 0 Å². The molecule has 1 aromatic heterocycles. The minimum Gasteiger partial charge on any atom is -0.412 e. The Bertz CT molecular complexity index is 1030. The fourth-order valence-corrected chi connectivity index (χ4v) is 3.96. The quantitative estimate of drug-likeness (QED) is 0.558. The van der Waals surface area contributed by atoms with E-state index >= 15 is 0 Å². The molecule has 1 aliphatic rings. The van der Waals surface area contributed by atoms with Crippen molar-refractivity contribution in [1.82, 2.24) is 19.8 Å². The highest BCUT2D eigenvalue weighted by molar-refractivity contribution is 5.99. The van der Waals surface area contributed by atoms with Crippen LogP contribution in [0.1, 0.15) is 29.2 Å². The van der Waals surface area contributed by atoms with Gasteiger partial charge in [-0.05, 0) is 37.1 Å². The van der Waals surface area contributed by atoms with Crippen LogP contribution in [0.4, 0.5) is 5.69 Å². The molecule has 6 N–H and O–H groups in total. The first kappa shape index (κ1) is 20.6. The molecule has 0 atom stereocenters. The van der Waals surface area contributed by atoms with Crippen LogP contribution in [0.15, 0.2) is 53.3 Å². The molecular formula is C21H27N5O3. The Balaban J connectivity index is 0.00000240. The molecule has 0 saturated carbocycles. The van der Waals surface area contributed by atoms with Crippen molar-refractivity contribution < 1.29 is 10.3 Å². The van der Waals surface area contributed by atoms with Crippen molar-refractivity contribution in [2.75, 3.05) is 31.9 Å². The van der Waals surface area contributed by atoms with Crippen LogP contribution in [-0.4, -0.2) is 52.0 Å². The molecule has 0 aliphatic carbocycles. The molecule has 0 spiro atoms. The lowest BCUT2D eigenvalue weighted by molar-refractivity contribution is 0.0945. The molecule has 1 amide bonds. The number of nitrogens with one attached hydrogen (secondary N) is 2. The maximum absolute atomic E-state index is 12.4. The van der Waals surface area contributed by atoms with Gasteiger partial charge in [0.25, 0.3) is 5.91 Å². The number of nitrogens with zero attached hydrogens (tertiary/aromatic N) is 2. The predicted octanol–water partition coefficient (Wildman–Crippen LogP) is 1.15. The first-order chi connectivity index (χ1) is 13.6. The number of hydrogen-bond donors (Lipinski definition) is 3. The Kier molecular flexibility index (Phi) is 6.36. The largest absolute Gasteiger partial charge is 0.412 e. The van der Waals surface area contributed by atoms with Gasteiger partial charge < -0.3 is 26.4 Å². The van der Waals surface area contributed by atoms with Crippen LogP contribution >= 0.6 is 0 Å².